The van der Waals surface area contributed by atoms with E-state index in [0.29, 0.717) is 18.8 Å². The highest BCUT2D eigenvalue weighted by Crippen LogP contribution is 2.09. The molecule has 5 nitrogen and oxygen atoms in total. The van der Waals surface area contributed by atoms with Gasteiger partial charge >= 0.3 is 5.97 Å². The van der Waals surface area contributed by atoms with Gasteiger partial charge in [-0.1, -0.05) is 6.58 Å². The fourth-order valence-corrected chi connectivity index (χ4v) is 0.456. The number of carbonyl (C=O) groups is 1. The fourth-order valence-electron chi connectivity index (χ4n) is 0.456. The first-order valence-corrected chi connectivity index (χ1v) is 3.47. The number of esters is 1. The molecule has 1 aliphatic heterocycles. The quantitative estimate of drug-likeness (QED) is 0.194. The third-order valence-corrected chi connectivity index (χ3v) is 1.15. The Labute approximate surface area is 71.3 Å². The molecule has 1 rings (SSSR count). The lowest BCUT2D eigenvalue weighted by Gasteiger charge is -1.99. The molecule has 1 fully saturated rings. The van der Waals surface area contributed by atoms with Crippen LogP contribution < -0.4 is 11.7 Å². The van der Waals surface area contributed by atoms with Crippen molar-refractivity contribution in [2.45, 2.75) is 13.0 Å². The molecule has 0 amide bonds. The highest BCUT2D eigenvalue weighted by molar-refractivity contribution is 5.86. The average molecular weight is 174 g/mol. The van der Waals surface area contributed by atoms with Crippen molar-refractivity contribution in [1.29, 1.82) is 0 Å². The predicted octanol–water partition coefficient (Wildman–Crippen LogP) is -0.677. The minimum absolute atomic E-state index is 0.142. The van der Waals surface area contributed by atoms with Gasteiger partial charge in [-0.3, -0.25) is 11.7 Å². The second-order valence-corrected chi connectivity index (χ2v) is 2.33. The van der Waals surface area contributed by atoms with Crippen LogP contribution in [0.5, 0.6) is 0 Å². The highest BCUT2D eigenvalue weighted by atomic mass is 16.6. The van der Waals surface area contributed by atoms with Crippen molar-refractivity contribution >= 4 is 5.97 Å². The van der Waals surface area contributed by atoms with Gasteiger partial charge in [-0.15, -0.1) is 0 Å². The minimum Gasteiger partial charge on any atom is -0.459 e. The highest BCUT2D eigenvalue weighted by Gasteiger charge is 2.24. The van der Waals surface area contributed by atoms with E-state index in [1.165, 1.54) is 0 Å². The summed E-state index contributed by atoms with van der Waals surface area (Å²) in [5, 5.41) is 0. The van der Waals surface area contributed by atoms with Gasteiger partial charge < -0.3 is 9.47 Å². The van der Waals surface area contributed by atoms with E-state index in [2.05, 4.69) is 18.3 Å². The summed E-state index contributed by atoms with van der Waals surface area (Å²) < 4.78 is 9.60. The zero-order valence-electron chi connectivity index (χ0n) is 7.08. The van der Waals surface area contributed by atoms with Crippen LogP contribution in [0.1, 0.15) is 6.92 Å². The summed E-state index contributed by atoms with van der Waals surface area (Å²) in [6.45, 7) is 6.14. The zero-order chi connectivity index (χ0) is 9.56. The van der Waals surface area contributed by atoms with Gasteiger partial charge in [0.05, 0.1) is 6.61 Å². The first-order chi connectivity index (χ1) is 5.70. The zero-order valence-corrected chi connectivity index (χ0v) is 7.08. The van der Waals surface area contributed by atoms with Crippen molar-refractivity contribution < 1.29 is 14.3 Å². The van der Waals surface area contributed by atoms with Gasteiger partial charge in [0.2, 0.25) is 0 Å². The number of nitrogens with two attached hydrogens (primary N) is 2. The summed E-state index contributed by atoms with van der Waals surface area (Å²) in [6.07, 6.45) is 0.142. The van der Waals surface area contributed by atoms with Crippen molar-refractivity contribution in [2.75, 3.05) is 13.2 Å². The molecule has 0 aromatic rings. The maximum Gasteiger partial charge on any atom is 0.333 e. The van der Waals surface area contributed by atoms with Gasteiger partial charge in [-0.25, -0.2) is 4.79 Å². The summed E-state index contributed by atoms with van der Waals surface area (Å²) in [4.78, 5) is 10.7. The minimum atomic E-state index is -0.337. The summed E-state index contributed by atoms with van der Waals surface area (Å²) in [5.74, 6) is 7.66. The molecule has 0 bridgehead atoms. The third-order valence-electron chi connectivity index (χ3n) is 1.15. The summed E-state index contributed by atoms with van der Waals surface area (Å²) >= 11 is 0. The molecule has 0 aromatic heterocycles. The number of rotatable bonds is 3. The van der Waals surface area contributed by atoms with E-state index in [1.54, 1.807) is 6.92 Å². The smallest absolute Gasteiger partial charge is 0.333 e. The van der Waals surface area contributed by atoms with Crippen LogP contribution in [0.15, 0.2) is 12.2 Å². The van der Waals surface area contributed by atoms with Crippen LogP contribution in [0.2, 0.25) is 0 Å². The number of hydrogen-bond donors (Lipinski definition) is 2. The van der Waals surface area contributed by atoms with Crippen molar-refractivity contribution in [3.63, 3.8) is 0 Å². The molecule has 1 unspecified atom stereocenters. The third kappa shape index (κ3) is 4.84. The van der Waals surface area contributed by atoms with Crippen LogP contribution in [0.3, 0.4) is 0 Å². The lowest BCUT2D eigenvalue weighted by atomic mass is 10.4. The van der Waals surface area contributed by atoms with E-state index >= 15 is 0 Å². The van der Waals surface area contributed by atoms with Crippen LogP contribution in [0.25, 0.3) is 0 Å². The SMILES string of the molecule is C=C(C)C(=O)OCC1CO1.NN. The Bertz CT molecular complexity index is 166. The number of epoxide rings is 1. The summed E-state index contributed by atoms with van der Waals surface area (Å²) in [7, 11) is 0. The van der Waals surface area contributed by atoms with Crippen molar-refractivity contribution in [3.05, 3.63) is 12.2 Å². The molecule has 5 heteroatoms. The number of ether oxygens (including phenoxy) is 2. The molecule has 1 saturated heterocycles. The normalized spacial score (nSPS) is 18.8. The molecule has 0 aliphatic carbocycles. The number of carbonyl (C=O) groups excluding carboxylic acids is 1. The van der Waals surface area contributed by atoms with E-state index in [9.17, 15) is 4.79 Å². The standard InChI is InChI=1S/C7H10O3.H4N2/c1-5(2)7(8)10-4-6-3-9-6;1-2/h6H,1,3-4H2,2H3;1-2H2. The van der Waals surface area contributed by atoms with Gasteiger partial charge in [-0.05, 0) is 6.92 Å². The second kappa shape index (κ2) is 5.70. The Balaban J connectivity index is 0.000000561. The largest absolute Gasteiger partial charge is 0.459 e. The lowest BCUT2D eigenvalue weighted by Crippen LogP contribution is -2.09. The summed E-state index contributed by atoms with van der Waals surface area (Å²) in [5.41, 5.74) is 0.431. The number of hydrazine groups is 1. The first kappa shape index (κ1) is 11.1. The Morgan fingerprint density at radius 3 is 2.58 bits per heavy atom. The second-order valence-electron chi connectivity index (χ2n) is 2.33. The topological polar surface area (TPSA) is 90.9 Å². The molecule has 1 aliphatic rings. The molecule has 0 radical (unpaired) electrons. The van der Waals surface area contributed by atoms with E-state index in [4.69, 9.17) is 9.47 Å². The Morgan fingerprint density at radius 2 is 2.25 bits per heavy atom. The Hall–Kier alpha value is -0.910. The fraction of sp³-hybridized carbons (Fsp3) is 0.571. The molecule has 4 N–H and O–H groups in total. The molecule has 1 atom stereocenters. The average Bonchev–Trinajstić information content (AvgIpc) is 2.87. The molecule has 1 heterocycles. The van der Waals surface area contributed by atoms with Crippen molar-refractivity contribution in [2.24, 2.45) is 11.7 Å². The van der Waals surface area contributed by atoms with E-state index in [1.807, 2.05) is 0 Å². The Kier molecular flexibility index (Phi) is 5.27. The molecule has 0 saturated carbocycles. The molecule has 0 aromatic carbocycles. The maximum atomic E-state index is 10.7. The van der Waals surface area contributed by atoms with Crippen molar-refractivity contribution in [1.82, 2.24) is 0 Å². The molecule has 0 spiro atoms. The van der Waals surface area contributed by atoms with Gasteiger partial charge in [0.15, 0.2) is 0 Å². The number of hydrogen-bond acceptors (Lipinski definition) is 5. The van der Waals surface area contributed by atoms with Gasteiger partial charge in [0.25, 0.3) is 0 Å². The molecule has 70 valence electrons. The molecule has 12 heavy (non-hydrogen) atoms. The Morgan fingerprint density at radius 1 is 1.75 bits per heavy atom. The monoisotopic (exact) mass is 174 g/mol. The maximum absolute atomic E-state index is 10.7. The van der Waals surface area contributed by atoms with Gasteiger partial charge in [-0.2, -0.15) is 0 Å². The van der Waals surface area contributed by atoms with E-state index in [0.717, 1.165) is 0 Å². The first-order valence-electron chi connectivity index (χ1n) is 3.47. The molecular weight excluding hydrogens is 160 g/mol. The predicted molar refractivity (Wildman–Crippen MR) is 43.9 cm³/mol. The lowest BCUT2D eigenvalue weighted by molar-refractivity contribution is -0.139. The van der Waals surface area contributed by atoms with Crippen LogP contribution >= 0.6 is 0 Å². The van der Waals surface area contributed by atoms with Gasteiger partial charge in [0, 0.05) is 5.57 Å². The van der Waals surface area contributed by atoms with Gasteiger partial charge in [0.1, 0.15) is 12.7 Å². The van der Waals surface area contributed by atoms with Crippen LogP contribution in [-0.2, 0) is 14.3 Å². The summed E-state index contributed by atoms with van der Waals surface area (Å²) in [6, 6.07) is 0. The van der Waals surface area contributed by atoms with E-state index in [-0.39, 0.29) is 12.1 Å². The van der Waals surface area contributed by atoms with Crippen LogP contribution in [-0.4, -0.2) is 25.3 Å². The van der Waals surface area contributed by atoms with E-state index < -0.39 is 0 Å². The van der Waals surface area contributed by atoms with Crippen LogP contribution in [0.4, 0.5) is 0 Å². The van der Waals surface area contributed by atoms with Crippen LogP contribution in [0, 0.1) is 0 Å². The molecular formula is C7H14N2O3. The van der Waals surface area contributed by atoms with Crippen molar-refractivity contribution in [3.8, 4) is 0 Å².